The van der Waals surface area contributed by atoms with Gasteiger partial charge in [0.2, 0.25) is 5.91 Å². The van der Waals surface area contributed by atoms with Gasteiger partial charge in [-0.2, -0.15) is 5.10 Å². The number of nitrogens with zero attached hydrogens (tertiary/aromatic N) is 5. The molecule has 2 aromatic heterocycles. The molecule has 1 unspecified atom stereocenters. The van der Waals surface area contributed by atoms with Crippen molar-refractivity contribution in [1.82, 2.24) is 24.2 Å². The molecule has 4 rings (SSSR count). The van der Waals surface area contributed by atoms with Crippen LogP contribution in [-0.2, 0) is 30.7 Å². The quantitative estimate of drug-likeness (QED) is 0.827. The molecular formula is C16H20N6O2. The fraction of sp³-hybridized carbons (Fsp3) is 0.500. The first-order valence-electron chi connectivity index (χ1n) is 8.27. The van der Waals surface area contributed by atoms with E-state index in [1.54, 1.807) is 12.4 Å². The maximum atomic E-state index is 12.9. The summed E-state index contributed by atoms with van der Waals surface area (Å²) in [6.07, 6.45) is 5.71. The summed E-state index contributed by atoms with van der Waals surface area (Å²) < 4.78 is 3.91. The SMILES string of the molecule is NC(=O)c1cn2c(n1)CCN(C(=O)C1CCn3nccc3C1)CC2. The van der Waals surface area contributed by atoms with Crippen LogP contribution in [0.15, 0.2) is 18.5 Å². The van der Waals surface area contributed by atoms with Gasteiger partial charge in [-0.15, -0.1) is 0 Å². The molecule has 8 heteroatoms. The normalized spacial score (nSPS) is 20.2. The Morgan fingerprint density at radius 3 is 2.92 bits per heavy atom. The van der Waals surface area contributed by atoms with Crippen molar-refractivity contribution in [1.29, 1.82) is 0 Å². The summed E-state index contributed by atoms with van der Waals surface area (Å²) in [6, 6.07) is 1.99. The maximum Gasteiger partial charge on any atom is 0.268 e. The average Bonchev–Trinajstić information content (AvgIpc) is 3.16. The van der Waals surface area contributed by atoms with Gasteiger partial charge in [0.1, 0.15) is 11.5 Å². The zero-order valence-corrected chi connectivity index (χ0v) is 13.4. The van der Waals surface area contributed by atoms with E-state index in [1.807, 2.05) is 20.2 Å². The van der Waals surface area contributed by atoms with E-state index < -0.39 is 5.91 Å². The van der Waals surface area contributed by atoms with Crippen LogP contribution in [0, 0.1) is 5.92 Å². The highest BCUT2D eigenvalue weighted by molar-refractivity contribution is 5.90. The molecule has 24 heavy (non-hydrogen) atoms. The molecule has 2 aliphatic heterocycles. The molecule has 2 aliphatic rings. The van der Waals surface area contributed by atoms with Crippen molar-refractivity contribution >= 4 is 11.8 Å². The largest absolute Gasteiger partial charge is 0.364 e. The second kappa shape index (κ2) is 5.77. The number of primary amides is 1. The number of carbonyl (C=O) groups excluding carboxylic acids is 2. The summed E-state index contributed by atoms with van der Waals surface area (Å²) in [5.41, 5.74) is 6.71. The zero-order chi connectivity index (χ0) is 16.7. The Kier molecular flexibility index (Phi) is 3.59. The van der Waals surface area contributed by atoms with Gasteiger partial charge < -0.3 is 15.2 Å². The maximum absolute atomic E-state index is 12.9. The minimum absolute atomic E-state index is 0.0285. The third-order valence-corrected chi connectivity index (χ3v) is 4.94. The molecular weight excluding hydrogens is 308 g/mol. The molecule has 4 heterocycles. The van der Waals surface area contributed by atoms with Crippen LogP contribution in [0.5, 0.6) is 0 Å². The van der Waals surface area contributed by atoms with Gasteiger partial charge in [-0.1, -0.05) is 0 Å². The van der Waals surface area contributed by atoms with Gasteiger partial charge in [-0.05, 0) is 12.5 Å². The van der Waals surface area contributed by atoms with Crippen molar-refractivity contribution in [2.75, 3.05) is 13.1 Å². The zero-order valence-electron chi connectivity index (χ0n) is 13.4. The Morgan fingerprint density at radius 2 is 2.08 bits per heavy atom. The van der Waals surface area contributed by atoms with E-state index >= 15 is 0 Å². The minimum Gasteiger partial charge on any atom is -0.364 e. The lowest BCUT2D eigenvalue weighted by atomic mass is 9.94. The summed E-state index contributed by atoms with van der Waals surface area (Å²) in [5.74, 6) is 0.548. The smallest absolute Gasteiger partial charge is 0.268 e. The number of hydrogen-bond acceptors (Lipinski definition) is 4. The number of hydrogen-bond donors (Lipinski definition) is 1. The van der Waals surface area contributed by atoms with Crippen molar-refractivity contribution in [3.05, 3.63) is 35.7 Å². The number of rotatable bonds is 2. The van der Waals surface area contributed by atoms with E-state index in [0.717, 1.165) is 30.9 Å². The van der Waals surface area contributed by atoms with Crippen LogP contribution in [0.1, 0.15) is 28.4 Å². The fourth-order valence-corrected chi connectivity index (χ4v) is 3.60. The van der Waals surface area contributed by atoms with Crippen LogP contribution in [-0.4, -0.2) is 49.1 Å². The molecule has 0 radical (unpaired) electrons. The number of amides is 2. The Hall–Kier alpha value is -2.64. The van der Waals surface area contributed by atoms with Crippen molar-refractivity contribution in [2.24, 2.45) is 11.7 Å². The third-order valence-electron chi connectivity index (χ3n) is 4.94. The lowest BCUT2D eigenvalue weighted by molar-refractivity contribution is -0.136. The lowest BCUT2D eigenvalue weighted by Crippen LogP contribution is -2.40. The van der Waals surface area contributed by atoms with Crippen molar-refractivity contribution in [2.45, 2.75) is 32.4 Å². The Balaban J connectivity index is 1.44. The third kappa shape index (κ3) is 2.57. The second-order valence-electron chi connectivity index (χ2n) is 6.41. The van der Waals surface area contributed by atoms with Gasteiger partial charge in [0, 0.05) is 63.0 Å². The van der Waals surface area contributed by atoms with E-state index in [0.29, 0.717) is 31.7 Å². The Morgan fingerprint density at radius 1 is 1.21 bits per heavy atom. The molecule has 2 aromatic rings. The van der Waals surface area contributed by atoms with Gasteiger partial charge in [0.15, 0.2) is 0 Å². The molecule has 0 bridgehead atoms. The average molecular weight is 328 g/mol. The minimum atomic E-state index is -0.512. The highest BCUT2D eigenvalue weighted by Crippen LogP contribution is 2.22. The molecule has 0 saturated carbocycles. The number of nitrogens with two attached hydrogens (primary N) is 1. The van der Waals surface area contributed by atoms with E-state index in [2.05, 4.69) is 10.1 Å². The molecule has 0 spiro atoms. The molecule has 0 aromatic carbocycles. The summed E-state index contributed by atoms with van der Waals surface area (Å²) in [6.45, 7) is 2.71. The Labute approximate surface area is 139 Å². The molecule has 2 amide bonds. The molecule has 0 fully saturated rings. The highest BCUT2D eigenvalue weighted by Gasteiger charge is 2.30. The van der Waals surface area contributed by atoms with Crippen molar-refractivity contribution in [3.63, 3.8) is 0 Å². The molecule has 0 aliphatic carbocycles. The molecule has 1 atom stereocenters. The number of imidazole rings is 1. The summed E-state index contributed by atoms with van der Waals surface area (Å²) in [5, 5.41) is 4.26. The van der Waals surface area contributed by atoms with Crippen LogP contribution < -0.4 is 5.73 Å². The van der Waals surface area contributed by atoms with E-state index in [-0.39, 0.29) is 11.8 Å². The first-order valence-corrected chi connectivity index (χ1v) is 8.27. The predicted molar refractivity (Wildman–Crippen MR) is 85.1 cm³/mol. The van der Waals surface area contributed by atoms with Gasteiger partial charge in [-0.25, -0.2) is 4.98 Å². The summed E-state index contributed by atoms with van der Waals surface area (Å²) in [7, 11) is 0. The molecule has 126 valence electrons. The van der Waals surface area contributed by atoms with Crippen LogP contribution in [0.2, 0.25) is 0 Å². The van der Waals surface area contributed by atoms with Gasteiger partial charge in [0.25, 0.3) is 5.91 Å². The van der Waals surface area contributed by atoms with Crippen LogP contribution in [0.3, 0.4) is 0 Å². The molecule has 0 saturated heterocycles. The van der Waals surface area contributed by atoms with Crippen LogP contribution >= 0.6 is 0 Å². The number of carbonyl (C=O) groups is 2. The summed E-state index contributed by atoms with van der Waals surface area (Å²) in [4.78, 5) is 30.3. The van der Waals surface area contributed by atoms with Crippen molar-refractivity contribution < 1.29 is 9.59 Å². The van der Waals surface area contributed by atoms with Crippen LogP contribution in [0.25, 0.3) is 0 Å². The lowest BCUT2D eigenvalue weighted by Gasteiger charge is -2.28. The summed E-state index contributed by atoms with van der Waals surface area (Å²) >= 11 is 0. The van der Waals surface area contributed by atoms with Gasteiger partial charge in [0.05, 0.1) is 0 Å². The number of fused-ring (bicyclic) bond motifs is 2. The van der Waals surface area contributed by atoms with Gasteiger partial charge in [-0.3, -0.25) is 14.3 Å². The highest BCUT2D eigenvalue weighted by atomic mass is 16.2. The van der Waals surface area contributed by atoms with Crippen LogP contribution in [0.4, 0.5) is 0 Å². The standard InChI is InChI=1S/C16H20N6O2/c17-15(23)13-10-21-8-7-20(5-3-14(21)19-13)16(24)11-2-6-22-12(9-11)1-4-18-22/h1,4,10-11H,2-3,5-9H2,(H2,17,23). The van der Waals surface area contributed by atoms with E-state index in [9.17, 15) is 9.59 Å². The second-order valence-corrected chi connectivity index (χ2v) is 6.41. The van der Waals surface area contributed by atoms with E-state index in [4.69, 9.17) is 5.73 Å². The van der Waals surface area contributed by atoms with Crippen molar-refractivity contribution in [3.8, 4) is 0 Å². The van der Waals surface area contributed by atoms with Gasteiger partial charge >= 0.3 is 0 Å². The van der Waals surface area contributed by atoms with E-state index in [1.165, 1.54) is 0 Å². The molecule has 8 nitrogen and oxygen atoms in total. The predicted octanol–water partition coefficient (Wildman–Crippen LogP) is -0.174. The number of aryl methyl sites for hydroxylation is 1. The molecule has 2 N–H and O–H groups in total. The topological polar surface area (TPSA) is 99.0 Å². The first-order chi connectivity index (χ1) is 11.6. The monoisotopic (exact) mass is 328 g/mol. The fourth-order valence-electron chi connectivity index (χ4n) is 3.60. The Bertz CT molecular complexity index is 767. The first kappa shape index (κ1) is 14.9. The number of aromatic nitrogens is 4.